The molecule has 0 aliphatic carbocycles. The number of thiophene rings is 1. The minimum absolute atomic E-state index is 0.292. The predicted octanol–water partition coefficient (Wildman–Crippen LogP) is 2.15. The van der Waals surface area contributed by atoms with Gasteiger partial charge in [-0.3, -0.25) is 0 Å². The largest absolute Gasteiger partial charge is 0.465 e. The summed E-state index contributed by atoms with van der Waals surface area (Å²) in [4.78, 5) is 12.0. The molecule has 1 aromatic carbocycles. The van der Waals surface area contributed by atoms with E-state index in [1.807, 2.05) is 24.3 Å². The van der Waals surface area contributed by atoms with E-state index >= 15 is 0 Å². The number of hydrogen-bond donors (Lipinski definition) is 1. The second kappa shape index (κ2) is 4.00. The van der Waals surface area contributed by atoms with E-state index in [1.54, 1.807) is 0 Å². The van der Waals surface area contributed by atoms with Gasteiger partial charge in [0.2, 0.25) is 0 Å². The highest BCUT2D eigenvalue weighted by Crippen LogP contribution is 2.28. The second-order valence-corrected chi connectivity index (χ2v) is 4.19. The van der Waals surface area contributed by atoms with Gasteiger partial charge in [0, 0.05) is 11.2 Å². The summed E-state index contributed by atoms with van der Waals surface area (Å²) in [6.07, 6.45) is 0. The highest BCUT2D eigenvalue weighted by Gasteiger charge is 2.11. The normalized spacial score (nSPS) is 10.5. The fraction of sp³-hybridized carbons (Fsp3) is 0.182. The molecule has 0 aliphatic rings. The summed E-state index contributed by atoms with van der Waals surface area (Å²) in [5, 5.41) is 1.04. The Hall–Kier alpha value is -1.39. The van der Waals surface area contributed by atoms with Gasteiger partial charge >= 0.3 is 5.97 Å². The van der Waals surface area contributed by atoms with E-state index in [-0.39, 0.29) is 5.97 Å². The van der Waals surface area contributed by atoms with Crippen molar-refractivity contribution in [2.45, 2.75) is 6.54 Å². The van der Waals surface area contributed by atoms with Gasteiger partial charge in [0.15, 0.2) is 0 Å². The zero-order valence-corrected chi connectivity index (χ0v) is 9.14. The molecule has 15 heavy (non-hydrogen) atoms. The Morgan fingerprint density at radius 3 is 3.00 bits per heavy atom. The molecule has 2 N–H and O–H groups in total. The van der Waals surface area contributed by atoms with Crippen LogP contribution in [0.1, 0.15) is 15.2 Å². The number of rotatable bonds is 2. The first-order chi connectivity index (χ1) is 7.26. The molecule has 1 heterocycles. The van der Waals surface area contributed by atoms with Crippen LogP contribution in [0.4, 0.5) is 0 Å². The van der Waals surface area contributed by atoms with Gasteiger partial charge < -0.3 is 10.5 Å². The third-order valence-electron chi connectivity index (χ3n) is 2.23. The van der Waals surface area contributed by atoms with Gasteiger partial charge in [-0.05, 0) is 17.0 Å². The zero-order valence-electron chi connectivity index (χ0n) is 8.32. The maximum atomic E-state index is 11.3. The topological polar surface area (TPSA) is 52.3 Å². The summed E-state index contributed by atoms with van der Waals surface area (Å²) in [7, 11) is 1.39. The summed E-state index contributed by atoms with van der Waals surface area (Å²) in [6.45, 7) is 0.485. The average Bonchev–Trinajstić information content (AvgIpc) is 2.71. The number of fused-ring (bicyclic) bond motifs is 1. The van der Waals surface area contributed by atoms with Crippen LogP contribution in [0.15, 0.2) is 24.3 Å². The highest BCUT2D eigenvalue weighted by molar-refractivity contribution is 7.21. The fourth-order valence-electron chi connectivity index (χ4n) is 1.49. The molecule has 0 saturated carbocycles. The van der Waals surface area contributed by atoms with Gasteiger partial charge in [-0.1, -0.05) is 18.2 Å². The molecule has 0 fully saturated rings. The van der Waals surface area contributed by atoms with Crippen molar-refractivity contribution in [3.63, 3.8) is 0 Å². The number of methoxy groups -OCH3 is 1. The van der Waals surface area contributed by atoms with Gasteiger partial charge in [-0.15, -0.1) is 11.3 Å². The van der Waals surface area contributed by atoms with Crippen LogP contribution in [0.5, 0.6) is 0 Å². The number of carbonyl (C=O) groups is 1. The van der Waals surface area contributed by atoms with Crippen LogP contribution < -0.4 is 5.73 Å². The Morgan fingerprint density at radius 2 is 2.33 bits per heavy atom. The first-order valence-electron chi connectivity index (χ1n) is 4.56. The van der Waals surface area contributed by atoms with Crippen molar-refractivity contribution in [2.24, 2.45) is 5.73 Å². The van der Waals surface area contributed by atoms with Crippen molar-refractivity contribution >= 4 is 27.4 Å². The van der Waals surface area contributed by atoms with Crippen molar-refractivity contribution in [1.82, 2.24) is 0 Å². The van der Waals surface area contributed by atoms with E-state index in [0.29, 0.717) is 11.4 Å². The molecular formula is C11H11NO2S. The lowest BCUT2D eigenvalue weighted by Gasteiger charge is -1.96. The SMILES string of the molecule is COC(=O)c1cc2cccc(CN)c2s1. The lowest BCUT2D eigenvalue weighted by molar-refractivity contribution is 0.0606. The number of nitrogens with two attached hydrogens (primary N) is 1. The number of esters is 1. The Labute approximate surface area is 91.5 Å². The monoisotopic (exact) mass is 221 g/mol. The fourth-order valence-corrected chi connectivity index (χ4v) is 2.59. The maximum Gasteiger partial charge on any atom is 0.348 e. The van der Waals surface area contributed by atoms with E-state index in [2.05, 4.69) is 4.74 Å². The lowest BCUT2D eigenvalue weighted by Crippen LogP contribution is -1.96. The Bertz CT molecular complexity index is 504. The first kappa shape index (κ1) is 10.1. The molecule has 0 aliphatic heterocycles. The van der Waals surface area contributed by atoms with Crippen LogP contribution in [0.25, 0.3) is 10.1 Å². The highest BCUT2D eigenvalue weighted by atomic mass is 32.1. The van der Waals surface area contributed by atoms with E-state index in [1.165, 1.54) is 18.4 Å². The van der Waals surface area contributed by atoms with E-state index in [4.69, 9.17) is 5.73 Å². The predicted molar refractivity (Wildman–Crippen MR) is 61.1 cm³/mol. The third-order valence-corrected chi connectivity index (χ3v) is 3.44. The minimum Gasteiger partial charge on any atom is -0.465 e. The van der Waals surface area contributed by atoms with Crippen LogP contribution in [0.3, 0.4) is 0 Å². The van der Waals surface area contributed by atoms with E-state index in [9.17, 15) is 4.79 Å². The van der Waals surface area contributed by atoms with Crippen molar-refractivity contribution in [3.05, 3.63) is 34.7 Å². The maximum absolute atomic E-state index is 11.3. The molecule has 78 valence electrons. The number of hydrogen-bond acceptors (Lipinski definition) is 4. The van der Waals surface area contributed by atoms with Crippen LogP contribution in [0.2, 0.25) is 0 Å². The van der Waals surface area contributed by atoms with Crippen molar-refractivity contribution in [3.8, 4) is 0 Å². The second-order valence-electron chi connectivity index (χ2n) is 3.14. The van der Waals surface area contributed by atoms with E-state index < -0.39 is 0 Å². The summed E-state index contributed by atoms with van der Waals surface area (Å²) < 4.78 is 5.75. The van der Waals surface area contributed by atoms with Crippen LogP contribution in [-0.2, 0) is 11.3 Å². The number of carbonyl (C=O) groups excluding carboxylic acids is 1. The van der Waals surface area contributed by atoms with Crippen molar-refractivity contribution in [2.75, 3.05) is 7.11 Å². The number of ether oxygens (including phenoxy) is 1. The van der Waals surface area contributed by atoms with E-state index in [0.717, 1.165) is 15.6 Å². The molecule has 0 saturated heterocycles. The molecule has 1 aromatic heterocycles. The molecule has 2 aromatic rings. The molecule has 0 amide bonds. The Morgan fingerprint density at radius 1 is 1.53 bits per heavy atom. The Balaban J connectivity index is 2.60. The first-order valence-corrected chi connectivity index (χ1v) is 5.37. The van der Waals surface area contributed by atoms with Gasteiger partial charge in [0.1, 0.15) is 4.88 Å². The Kier molecular flexibility index (Phi) is 2.70. The van der Waals surface area contributed by atoms with Gasteiger partial charge in [-0.2, -0.15) is 0 Å². The lowest BCUT2D eigenvalue weighted by atomic mass is 10.1. The summed E-state index contributed by atoms with van der Waals surface area (Å²) in [5.74, 6) is -0.292. The quantitative estimate of drug-likeness (QED) is 0.790. The van der Waals surface area contributed by atoms with Gasteiger partial charge in [0.05, 0.1) is 7.11 Å². The molecular weight excluding hydrogens is 210 g/mol. The molecule has 0 radical (unpaired) electrons. The third kappa shape index (κ3) is 1.73. The molecule has 0 atom stereocenters. The summed E-state index contributed by atoms with van der Waals surface area (Å²) in [5.41, 5.74) is 6.69. The summed E-state index contributed by atoms with van der Waals surface area (Å²) >= 11 is 1.43. The van der Waals surface area contributed by atoms with Gasteiger partial charge in [-0.25, -0.2) is 4.79 Å². The van der Waals surface area contributed by atoms with Crippen molar-refractivity contribution in [1.29, 1.82) is 0 Å². The molecule has 3 nitrogen and oxygen atoms in total. The van der Waals surface area contributed by atoms with Crippen LogP contribution in [0, 0.1) is 0 Å². The standard InChI is InChI=1S/C11H11NO2S/c1-14-11(13)9-5-7-3-2-4-8(6-12)10(7)15-9/h2-5H,6,12H2,1H3. The molecule has 0 unspecified atom stereocenters. The molecule has 0 spiro atoms. The smallest absolute Gasteiger partial charge is 0.348 e. The zero-order chi connectivity index (χ0) is 10.8. The molecule has 4 heteroatoms. The molecule has 2 rings (SSSR count). The van der Waals surface area contributed by atoms with Crippen LogP contribution >= 0.6 is 11.3 Å². The minimum atomic E-state index is -0.292. The van der Waals surface area contributed by atoms with Gasteiger partial charge in [0.25, 0.3) is 0 Å². The number of benzene rings is 1. The average molecular weight is 221 g/mol. The summed E-state index contributed by atoms with van der Waals surface area (Å²) in [6, 6.07) is 7.72. The molecule has 0 bridgehead atoms. The van der Waals surface area contributed by atoms with Crippen LogP contribution in [-0.4, -0.2) is 13.1 Å². The van der Waals surface area contributed by atoms with Crippen molar-refractivity contribution < 1.29 is 9.53 Å².